The molecular formula is C11H14O6. The van der Waals surface area contributed by atoms with E-state index >= 15 is 0 Å². The molecule has 0 aliphatic carbocycles. The highest BCUT2D eigenvalue weighted by Crippen LogP contribution is 2.40. The van der Waals surface area contributed by atoms with Crippen molar-refractivity contribution in [2.24, 2.45) is 5.92 Å². The molecule has 1 aromatic rings. The van der Waals surface area contributed by atoms with Crippen molar-refractivity contribution in [1.82, 2.24) is 0 Å². The van der Waals surface area contributed by atoms with E-state index in [0.717, 1.165) is 0 Å². The average molecular weight is 242 g/mol. The Bertz CT molecular complexity index is 454. The van der Waals surface area contributed by atoms with Crippen LogP contribution >= 0.6 is 0 Å². The highest BCUT2D eigenvalue weighted by molar-refractivity contribution is 5.25. The van der Waals surface area contributed by atoms with E-state index in [1.165, 1.54) is 12.1 Å². The summed E-state index contributed by atoms with van der Waals surface area (Å²) in [5, 5.41) is 28.3. The molecule has 0 bridgehead atoms. The Morgan fingerprint density at radius 3 is 2.65 bits per heavy atom. The topological polar surface area (TPSA) is 100 Å². The fourth-order valence-corrected chi connectivity index (χ4v) is 2.05. The second-order valence-corrected chi connectivity index (χ2v) is 4.14. The Balaban J connectivity index is 2.32. The van der Waals surface area contributed by atoms with Gasteiger partial charge in [0.1, 0.15) is 6.10 Å². The number of hydrogen-bond donors (Lipinski definition) is 3. The van der Waals surface area contributed by atoms with Gasteiger partial charge < -0.3 is 24.5 Å². The molecule has 0 amide bonds. The molecule has 1 aliphatic rings. The van der Waals surface area contributed by atoms with E-state index in [-0.39, 0.29) is 12.5 Å². The van der Waals surface area contributed by atoms with E-state index in [1.54, 1.807) is 6.92 Å². The smallest absolute Gasteiger partial charge is 0.338 e. The van der Waals surface area contributed by atoms with Crippen LogP contribution in [0.15, 0.2) is 21.3 Å². The third kappa shape index (κ3) is 2.06. The van der Waals surface area contributed by atoms with Gasteiger partial charge in [-0.15, -0.1) is 0 Å². The van der Waals surface area contributed by atoms with Crippen molar-refractivity contribution in [3.8, 4) is 5.95 Å². The second-order valence-electron chi connectivity index (χ2n) is 4.14. The number of ether oxygens (including phenoxy) is 1. The molecule has 4 atom stereocenters. The molecule has 6 nitrogen and oxygen atoms in total. The highest BCUT2D eigenvalue weighted by atomic mass is 16.5. The predicted molar refractivity (Wildman–Crippen MR) is 56.5 cm³/mol. The van der Waals surface area contributed by atoms with Gasteiger partial charge in [-0.25, -0.2) is 4.79 Å². The zero-order chi connectivity index (χ0) is 12.6. The van der Waals surface area contributed by atoms with Crippen LogP contribution in [0.5, 0.6) is 5.95 Å². The lowest BCUT2D eigenvalue weighted by Gasteiger charge is -2.15. The van der Waals surface area contributed by atoms with Gasteiger partial charge in [0.05, 0.1) is 24.4 Å². The van der Waals surface area contributed by atoms with Crippen LogP contribution in [0.25, 0.3) is 0 Å². The van der Waals surface area contributed by atoms with E-state index < -0.39 is 29.9 Å². The Morgan fingerprint density at radius 2 is 2.12 bits per heavy atom. The zero-order valence-corrected chi connectivity index (χ0v) is 9.24. The van der Waals surface area contributed by atoms with E-state index in [9.17, 15) is 15.0 Å². The summed E-state index contributed by atoms with van der Waals surface area (Å²) in [4.78, 5) is 10.9. The van der Waals surface area contributed by atoms with Gasteiger partial charge in [-0.05, 0) is 6.07 Å². The SMILES string of the molecule is CC1C(c2ccc(=O)oc2O)OC(CO)C1O. The minimum atomic E-state index is -0.823. The number of hydrogen-bond acceptors (Lipinski definition) is 6. The van der Waals surface area contributed by atoms with E-state index in [2.05, 4.69) is 4.42 Å². The summed E-state index contributed by atoms with van der Waals surface area (Å²) >= 11 is 0. The molecule has 3 N–H and O–H groups in total. The van der Waals surface area contributed by atoms with Crippen LogP contribution in [-0.4, -0.2) is 34.1 Å². The maximum atomic E-state index is 10.9. The van der Waals surface area contributed by atoms with Crippen LogP contribution in [0.4, 0.5) is 0 Å². The molecule has 0 saturated carbocycles. The van der Waals surface area contributed by atoms with Crippen molar-refractivity contribution in [2.45, 2.75) is 25.2 Å². The fraction of sp³-hybridized carbons (Fsp3) is 0.545. The second kappa shape index (κ2) is 4.48. The van der Waals surface area contributed by atoms with Gasteiger partial charge >= 0.3 is 5.63 Å². The van der Waals surface area contributed by atoms with Crippen molar-refractivity contribution in [3.63, 3.8) is 0 Å². The summed E-state index contributed by atoms with van der Waals surface area (Å²) in [5.74, 6) is -0.828. The van der Waals surface area contributed by atoms with Crippen molar-refractivity contribution in [1.29, 1.82) is 0 Å². The zero-order valence-electron chi connectivity index (χ0n) is 9.24. The van der Waals surface area contributed by atoms with Crippen molar-refractivity contribution in [3.05, 3.63) is 28.1 Å². The average Bonchev–Trinajstić information content (AvgIpc) is 2.57. The third-order valence-corrected chi connectivity index (χ3v) is 3.05. The van der Waals surface area contributed by atoms with Gasteiger partial charge in [0.25, 0.3) is 5.95 Å². The molecule has 4 unspecified atom stereocenters. The van der Waals surface area contributed by atoms with Crippen LogP contribution in [0.1, 0.15) is 18.6 Å². The summed E-state index contributed by atoms with van der Waals surface area (Å²) in [6.07, 6.45) is -2.12. The maximum absolute atomic E-state index is 10.9. The molecule has 0 radical (unpaired) electrons. The lowest BCUT2D eigenvalue weighted by atomic mass is 9.94. The first-order valence-corrected chi connectivity index (χ1v) is 5.32. The first kappa shape index (κ1) is 12.1. The molecule has 0 spiro atoms. The molecule has 1 saturated heterocycles. The van der Waals surface area contributed by atoms with Crippen LogP contribution < -0.4 is 5.63 Å². The molecule has 0 aromatic carbocycles. The quantitative estimate of drug-likeness (QED) is 0.662. The Morgan fingerprint density at radius 1 is 1.41 bits per heavy atom. The predicted octanol–water partition coefficient (Wildman–Crippen LogP) is -0.225. The molecule has 94 valence electrons. The Labute approximate surface area is 97.1 Å². The summed E-state index contributed by atoms with van der Waals surface area (Å²) in [5.41, 5.74) is -0.358. The van der Waals surface area contributed by atoms with Gasteiger partial charge in [0, 0.05) is 12.0 Å². The molecule has 6 heteroatoms. The van der Waals surface area contributed by atoms with Crippen LogP contribution in [0.2, 0.25) is 0 Å². The van der Waals surface area contributed by atoms with Gasteiger partial charge in [-0.1, -0.05) is 6.92 Å². The minimum absolute atomic E-state index is 0.298. The summed E-state index contributed by atoms with van der Waals surface area (Å²) in [7, 11) is 0. The van der Waals surface area contributed by atoms with Crippen LogP contribution in [-0.2, 0) is 4.74 Å². The number of aliphatic hydroxyl groups is 2. The molecule has 2 rings (SSSR count). The standard InChI is InChI=1S/C11H14O6/c1-5-9(14)7(4-12)16-10(5)6-2-3-8(13)17-11(6)15/h2-3,5,7,9-10,12,14-15H,4H2,1H3. The monoisotopic (exact) mass is 242 g/mol. The molecule has 2 heterocycles. The number of aliphatic hydroxyl groups excluding tert-OH is 2. The largest absolute Gasteiger partial charge is 0.480 e. The van der Waals surface area contributed by atoms with E-state index in [1.807, 2.05) is 0 Å². The molecule has 1 aromatic heterocycles. The van der Waals surface area contributed by atoms with Crippen molar-refractivity contribution < 1.29 is 24.5 Å². The molecule has 1 aliphatic heterocycles. The normalized spacial score (nSPS) is 32.9. The lowest BCUT2D eigenvalue weighted by Crippen LogP contribution is -2.27. The maximum Gasteiger partial charge on any atom is 0.338 e. The van der Waals surface area contributed by atoms with Gasteiger partial charge in [0.2, 0.25) is 0 Å². The summed E-state index contributed by atoms with van der Waals surface area (Å²) in [6, 6.07) is 2.57. The van der Waals surface area contributed by atoms with Crippen LogP contribution in [0.3, 0.4) is 0 Å². The molecule has 1 fully saturated rings. The fourth-order valence-electron chi connectivity index (χ4n) is 2.05. The van der Waals surface area contributed by atoms with Gasteiger partial charge in [-0.3, -0.25) is 0 Å². The van der Waals surface area contributed by atoms with Crippen LogP contribution in [0, 0.1) is 5.92 Å². The number of rotatable bonds is 2. The molecule has 17 heavy (non-hydrogen) atoms. The summed E-state index contributed by atoms with van der Waals surface area (Å²) in [6.45, 7) is 1.43. The van der Waals surface area contributed by atoms with E-state index in [4.69, 9.17) is 9.84 Å². The molecular weight excluding hydrogens is 228 g/mol. The number of aromatic hydroxyl groups is 1. The highest BCUT2D eigenvalue weighted by Gasteiger charge is 2.42. The third-order valence-electron chi connectivity index (χ3n) is 3.05. The Hall–Kier alpha value is -1.37. The van der Waals surface area contributed by atoms with Gasteiger partial charge in [-0.2, -0.15) is 0 Å². The summed E-state index contributed by atoms with van der Waals surface area (Å²) < 4.78 is 9.97. The minimum Gasteiger partial charge on any atom is -0.480 e. The Kier molecular flexibility index (Phi) is 3.19. The van der Waals surface area contributed by atoms with Crippen molar-refractivity contribution in [2.75, 3.05) is 6.61 Å². The van der Waals surface area contributed by atoms with E-state index in [0.29, 0.717) is 5.56 Å². The first-order valence-electron chi connectivity index (χ1n) is 5.32. The van der Waals surface area contributed by atoms with Gasteiger partial charge in [0.15, 0.2) is 0 Å². The lowest BCUT2D eigenvalue weighted by molar-refractivity contribution is -0.0238. The van der Waals surface area contributed by atoms with Crippen molar-refractivity contribution >= 4 is 0 Å². The first-order chi connectivity index (χ1) is 8.04.